The number of fused-ring (bicyclic) bond motifs is 3. The van der Waals surface area contributed by atoms with E-state index in [4.69, 9.17) is 16.2 Å². The third kappa shape index (κ3) is 3.68. The van der Waals surface area contributed by atoms with Crippen molar-refractivity contribution < 1.29 is 4.74 Å². The maximum atomic E-state index is 7.32. The second-order valence-corrected chi connectivity index (χ2v) is 11.2. The van der Waals surface area contributed by atoms with E-state index in [-0.39, 0.29) is 11.2 Å². The molecule has 3 saturated carbocycles. The van der Waals surface area contributed by atoms with Crippen LogP contribution in [-0.4, -0.2) is 22.2 Å². The summed E-state index contributed by atoms with van der Waals surface area (Å²) < 4.78 is 7.32. The molecule has 3 aliphatic carbocycles. The second kappa shape index (κ2) is 8.09. The predicted octanol–water partition coefficient (Wildman–Crippen LogP) is 5.25. The van der Waals surface area contributed by atoms with Gasteiger partial charge in [-0.15, -0.1) is 0 Å². The van der Waals surface area contributed by atoms with Gasteiger partial charge in [0.25, 0.3) is 0 Å². The van der Waals surface area contributed by atoms with Crippen LogP contribution in [0.2, 0.25) is 0 Å². The predicted molar refractivity (Wildman–Crippen MR) is 122 cm³/mol. The summed E-state index contributed by atoms with van der Waals surface area (Å²) in [6.45, 7) is 2.45. The second-order valence-electron chi connectivity index (χ2n) is 11.2. The minimum Gasteiger partial charge on any atom is -0.384 e. The molecular weight excluding hydrogens is 370 g/mol. The van der Waals surface area contributed by atoms with Crippen LogP contribution in [0.25, 0.3) is 0 Å². The summed E-state index contributed by atoms with van der Waals surface area (Å²) in [5.41, 5.74) is 14.0. The smallest absolute Gasteiger partial charge is 0.123 e. The van der Waals surface area contributed by atoms with E-state index >= 15 is 0 Å². The molecule has 0 aromatic carbocycles. The van der Waals surface area contributed by atoms with Gasteiger partial charge in [0.05, 0.1) is 11.2 Å². The number of anilines is 1. The van der Waals surface area contributed by atoms with Crippen LogP contribution in [0, 0.1) is 23.7 Å². The molecule has 0 spiro atoms. The topological polar surface area (TPSA) is 74.2 Å². The number of pyridine rings is 1. The summed E-state index contributed by atoms with van der Waals surface area (Å²) >= 11 is 0. The fourth-order valence-electron chi connectivity index (χ4n) is 7.94. The number of rotatable bonds is 4. The van der Waals surface area contributed by atoms with Crippen molar-refractivity contribution in [3.8, 4) is 0 Å². The highest BCUT2D eigenvalue weighted by Crippen LogP contribution is 2.59. The quantitative estimate of drug-likeness (QED) is 0.710. The van der Waals surface area contributed by atoms with Gasteiger partial charge in [-0.25, -0.2) is 4.98 Å². The van der Waals surface area contributed by atoms with Gasteiger partial charge in [0.2, 0.25) is 0 Å². The van der Waals surface area contributed by atoms with E-state index in [1.807, 2.05) is 12.3 Å². The van der Waals surface area contributed by atoms with E-state index in [1.54, 1.807) is 0 Å². The monoisotopic (exact) mass is 411 g/mol. The average molecular weight is 412 g/mol. The van der Waals surface area contributed by atoms with E-state index in [0.29, 0.717) is 29.6 Å². The van der Waals surface area contributed by atoms with E-state index in [0.717, 1.165) is 18.8 Å². The first-order chi connectivity index (χ1) is 14.5. The van der Waals surface area contributed by atoms with Crippen LogP contribution in [0.5, 0.6) is 0 Å². The van der Waals surface area contributed by atoms with Crippen molar-refractivity contribution in [1.29, 1.82) is 0 Å². The summed E-state index contributed by atoms with van der Waals surface area (Å²) in [4.78, 5) is 4.31. The van der Waals surface area contributed by atoms with Crippen LogP contribution in [-0.2, 0) is 11.2 Å². The van der Waals surface area contributed by atoms with Gasteiger partial charge in [-0.1, -0.05) is 38.2 Å². The lowest BCUT2D eigenvalue weighted by atomic mass is 9.55. The number of nitrogens with zero attached hydrogens (tertiary/aromatic N) is 1. The molecule has 6 unspecified atom stereocenters. The summed E-state index contributed by atoms with van der Waals surface area (Å²) in [6, 6.07) is 4.41. The summed E-state index contributed by atoms with van der Waals surface area (Å²) in [5.74, 6) is 3.27. The zero-order valence-electron chi connectivity index (χ0n) is 18.8. The summed E-state index contributed by atoms with van der Waals surface area (Å²) in [7, 11) is 0. The third-order valence-electron chi connectivity index (χ3n) is 9.45. The van der Waals surface area contributed by atoms with Crippen LogP contribution in [0.1, 0.15) is 89.5 Å². The first kappa shape index (κ1) is 20.8. The largest absolute Gasteiger partial charge is 0.384 e. The molecule has 2 saturated heterocycles. The number of ether oxygens (including phenoxy) is 1. The zero-order chi connectivity index (χ0) is 20.8. The van der Waals surface area contributed by atoms with Crippen LogP contribution in [0.4, 0.5) is 5.82 Å². The fraction of sp³-hybridized carbons (Fsp3) is 0.808. The molecule has 0 radical (unpaired) electrons. The molecule has 2 aliphatic heterocycles. The SMILES string of the molecule is CC1(C2CCCCC2)OC2(C3CCCC(Cc4ccc(N)nc4)C3)CCC1C(N)C2. The Morgan fingerprint density at radius 3 is 2.57 bits per heavy atom. The Labute approximate surface area is 182 Å². The van der Waals surface area contributed by atoms with Gasteiger partial charge < -0.3 is 16.2 Å². The minimum atomic E-state index is 0.00412. The van der Waals surface area contributed by atoms with Crippen LogP contribution in [0.3, 0.4) is 0 Å². The molecule has 5 aliphatic rings. The Balaban J connectivity index is 1.33. The number of nitrogens with two attached hydrogens (primary N) is 2. The maximum Gasteiger partial charge on any atom is 0.123 e. The van der Waals surface area contributed by atoms with Crippen LogP contribution >= 0.6 is 0 Å². The highest BCUT2D eigenvalue weighted by molar-refractivity contribution is 5.29. The molecule has 4 nitrogen and oxygen atoms in total. The van der Waals surface area contributed by atoms with Gasteiger partial charge in [-0.2, -0.15) is 0 Å². The number of hydrogen-bond donors (Lipinski definition) is 2. The molecule has 4 heteroatoms. The standard InChI is InChI=1S/C26H41N3O/c1-25(20-7-3-2-4-8-20)22-12-13-26(30-25,16-23(22)27)21-9-5-6-18(15-21)14-19-10-11-24(28)29-17-19/h10-11,17-18,20-23H,2-9,12-16,27H2,1H3,(H2,28,29). The third-order valence-corrected chi connectivity index (χ3v) is 9.45. The Morgan fingerprint density at radius 2 is 1.83 bits per heavy atom. The lowest BCUT2D eigenvalue weighted by molar-refractivity contribution is -0.295. The first-order valence-electron chi connectivity index (χ1n) is 12.6. The Hall–Kier alpha value is -1.13. The molecule has 4 N–H and O–H groups in total. The highest BCUT2D eigenvalue weighted by Gasteiger charge is 2.61. The van der Waals surface area contributed by atoms with Crippen LogP contribution in [0.15, 0.2) is 18.3 Å². The fourth-order valence-corrected chi connectivity index (χ4v) is 7.94. The van der Waals surface area contributed by atoms with E-state index in [2.05, 4.69) is 18.0 Å². The normalized spacial score (nSPS) is 42.3. The van der Waals surface area contributed by atoms with Crippen LogP contribution < -0.4 is 11.5 Å². The molecule has 6 atom stereocenters. The maximum absolute atomic E-state index is 7.32. The zero-order valence-corrected chi connectivity index (χ0v) is 18.8. The van der Waals surface area contributed by atoms with Gasteiger partial charge in [0.15, 0.2) is 0 Å². The van der Waals surface area contributed by atoms with E-state index in [9.17, 15) is 0 Å². The van der Waals surface area contributed by atoms with Gasteiger partial charge in [0.1, 0.15) is 5.82 Å². The van der Waals surface area contributed by atoms with Crippen molar-refractivity contribution in [2.24, 2.45) is 29.4 Å². The Kier molecular flexibility index (Phi) is 5.60. The van der Waals surface area contributed by atoms with Gasteiger partial charge in [-0.05, 0) is 87.7 Å². The van der Waals surface area contributed by atoms with Gasteiger partial charge in [0, 0.05) is 18.2 Å². The number of hydrogen-bond acceptors (Lipinski definition) is 4. The van der Waals surface area contributed by atoms with E-state index < -0.39 is 0 Å². The molecule has 1 aromatic heterocycles. The van der Waals surface area contributed by atoms with Crippen molar-refractivity contribution in [3.05, 3.63) is 23.9 Å². The molecular formula is C26H41N3O. The molecule has 30 heavy (non-hydrogen) atoms. The van der Waals surface area contributed by atoms with Crippen molar-refractivity contribution >= 4 is 5.82 Å². The minimum absolute atomic E-state index is 0.00412. The highest BCUT2D eigenvalue weighted by atomic mass is 16.5. The molecule has 6 rings (SSSR count). The van der Waals surface area contributed by atoms with Gasteiger partial charge >= 0.3 is 0 Å². The number of aromatic nitrogens is 1. The molecule has 166 valence electrons. The Morgan fingerprint density at radius 1 is 1.03 bits per heavy atom. The van der Waals surface area contributed by atoms with Crippen molar-refractivity contribution in [3.63, 3.8) is 0 Å². The molecule has 3 heterocycles. The lowest BCUT2D eigenvalue weighted by Crippen LogP contribution is -2.69. The molecule has 2 bridgehead atoms. The van der Waals surface area contributed by atoms with E-state index in [1.165, 1.54) is 76.2 Å². The van der Waals surface area contributed by atoms with Crippen molar-refractivity contribution in [2.75, 3.05) is 5.73 Å². The van der Waals surface area contributed by atoms with Crippen molar-refractivity contribution in [1.82, 2.24) is 4.98 Å². The summed E-state index contributed by atoms with van der Waals surface area (Å²) in [6.07, 6.45) is 18.7. The van der Waals surface area contributed by atoms with Crippen molar-refractivity contribution in [2.45, 2.75) is 108 Å². The van der Waals surface area contributed by atoms with Gasteiger partial charge in [-0.3, -0.25) is 0 Å². The molecule has 5 fully saturated rings. The molecule has 1 aromatic rings. The first-order valence-corrected chi connectivity index (χ1v) is 12.6. The summed E-state index contributed by atoms with van der Waals surface area (Å²) in [5, 5.41) is 0. The average Bonchev–Trinajstić information content (AvgIpc) is 2.76. The Bertz CT molecular complexity index is 730. The molecule has 0 amide bonds. The lowest BCUT2D eigenvalue weighted by Gasteiger charge is -2.64. The number of nitrogen functional groups attached to an aromatic ring is 1.